The minimum absolute atomic E-state index is 0.129. The molecule has 0 radical (unpaired) electrons. The first-order chi connectivity index (χ1) is 12.4. The molecule has 6 N–H and O–H groups in total. The highest BCUT2D eigenvalue weighted by molar-refractivity contribution is 6.43. The van der Waals surface area contributed by atoms with Gasteiger partial charge in [0.2, 0.25) is 0 Å². The molecule has 4 rings (SSSR count). The summed E-state index contributed by atoms with van der Waals surface area (Å²) < 4.78 is 0. The van der Waals surface area contributed by atoms with Crippen molar-refractivity contribution in [2.75, 3.05) is 6.54 Å². The van der Waals surface area contributed by atoms with Gasteiger partial charge >= 0.3 is 7.12 Å². The first-order valence-electron chi connectivity index (χ1n) is 9.58. The van der Waals surface area contributed by atoms with Gasteiger partial charge in [0.25, 0.3) is 5.91 Å². The number of carbonyl (C=O) groups excluding carboxylic acids is 1. The van der Waals surface area contributed by atoms with Crippen molar-refractivity contribution in [3.8, 4) is 0 Å². The number of benzene rings is 1. The Morgan fingerprint density at radius 1 is 1.12 bits per heavy atom. The zero-order chi connectivity index (χ0) is 18.8. The van der Waals surface area contributed by atoms with Gasteiger partial charge in [0.05, 0.1) is 11.5 Å². The first kappa shape index (κ1) is 19.4. The smallest absolute Gasteiger partial charge is 0.426 e. The van der Waals surface area contributed by atoms with Crippen LogP contribution in [0.5, 0.6) is 0 Å². The molecule has 0 aliphatic heterocycles. The van der Waals surface area contributed by atoms with Crippen molar-refractivity contribution in [2.45, 2.75) is 68.3 Å². The fourth-order valence-electron chi connectivity index (χ4n) is 4.46. The van der Waals surface area contributed by atoms with E-state index in [1.165, 1.54) is 5.56 Å². The average molecular weight is 360 g/mol. The summed E-state index contributed by atoms with van der Waals surface area (Å²) in [6.45, 7) is 0.436. The van der Waals surface area contributed by atoms with Crippen molar-refractivity contribution in [1.29, 1.82) is 0 Å². The number of carbonyl (C=O) groups is 1. The normalized spacial score (nSPS) is 28.6. The number of nitrogens with one attached hydrogen (secondary N) is 1. The van der Waals surface area contributed by atoms with Gasteiger partial charge < -0.3 is 26.2 Å². The molecule has 3 fully saturated rings. The lowest BCUT2D eigenvalue weighted by molar-refractivity contribution is -0.0660. The molecule has 26 heavy (non-hydrogen) atoms. The van der Waals surface area contributed by atoms with Crippen molar-refractivity contribution >= 4 is 13.0 Å². The van der Waals surface area contributed by atoms with Crippen molar-refractivity contribution in [2.24, 2.45) is 5.73 Å². The SMILES string of the molecule is NCCC[C@H](NC(=O)c1ccc(C23CCC(O)(CC2)CC3)cc1)B(O)O. The molecule has 1 amide bonds. The number of aliphatic hydroxyl groups is 1. The van der Waals surface area contributed by atoms with Crippen LogP contribution in [0.2, 0.25) is 0 Å². The summed E-state index contributed by atoms with van der Waals surface area (Å²) in [7, 11) is -1.60. The average Bonchev–Trinajstić information content (AvgIpc) is 2.66. The summed E-state index contributed by atoms with van der Waals surface area (Å²) >= 11 is 0. The number of hydrogen-bond acceptors (Lipinski definition) is 5. The quantitative estimate of drug-likeness (QED) is 0.463. The lowest BCUT2D eigenvalue weighted by Gasteiger charge is -2.51. The van der Waals surface area contributed by atoms with Gasteiger partial charge in [-0.2, -0.15) is 0 Å². The maximum Gasteiger partial charge on any atom is 0.475 e. The van der Waals surface area contributed by atoms with Gasteiger partial charge in [-0.25, -0.2) is 0 Å². The van der Waals surface area contributed by atoms with Gasteiger partial charge in [0.1, 0.15) is 0 Å². The molecule has 3 saturated carbocycles. The molecule has 1 aromatic rings. The molecule has 3 aliphatic carbocycles. The van der Waals surface area contributed by atoms with E-state index < -0.39 is 18.7 Å². The molecular weight excluding hydrogens is 331 g/mol. The lowest BCUT2D eigenvalue weighted by atomic mass is 9.56. The molecule has 0 saturated heterocycles. The molecule has 0 heterocycles. The van der Waals surface area contributed by atoms with E-state index in [0.717, 1.165) is 38.5 Å². The van der Waals surface area contributed by atoms with Crippen molar-refractivity contribution < 1.29 is 19.9 Å². The van der Waals surface area contributed by atoms with Crippen LogP contribution in [0.15, 0.2) is 24.3 Å². The Kier molecular flexibility index (Phi) is 5.72. The summed E-state index contributed by atoms with van der Waals surface area (Å²) in [6, 6.07) is 7.63. The number of hydrogen-bond donors (Lipinski definition) is 5. The molecule has 3 aliphatic rings. The zero-order valence-electron chi connectivity index (χ0n) is 15.2. The van der Waals surface area contributed by atoms with E-state index in [1.807, 2.05) is 12.1 Å². The first-order valence-corrected chi connectivity index (χ1v) is 9.58. The molecule has 6 nitrogen and oxygen atoms in total. The molecule has 1 atom stereocenters. The molecular formula is C19H29BN2O4. The van der Waals surface area contributed by atoms with Gasteiger partial charge in [-0.1, -0.05) is 12.1 Å². The van der Waals surface area contributed by atoms with Crippen LogP contribution in [0, 0.1) is 0 Å². The summed E-state index contributed by atoms with van der Waals surface area (Å²) in [4.78, 5) is 12.4. The minimum atomic E-state index is -1.60. The Morgan fingerprint density at radius 3 is 2.19 bits per heavy atom. The van der Waals surface area contributed by atoms with Crippen LogP contribution in [-0.2, 0) is 5.41 Å². The highest BCUT2D eigenvalue weighted by atomic mass is 16.4. The maximum atomic E-state index is 12.4. The Morgan fingerprint density at radius 2 is 1.69 bits per heavy atom. The summed E-state index contributed by atoms with van der Waals surface area (Å²) in [5, 5.41) is 31.9. The number of amides is 1. The second-order valence-electron chi connectivity index (χ2n) is 8.01. The highest BCUT2D eigenvalue weighted by Gasteiger charge is 2.48. The molecule has 1 aromatic carbocycles. The predicted octanol–water partition coefficient (Wildman–Crippen LogP) is 0.873. The van der Waals surface area contributed by atoms with Crippen LogP contribution in [0.3, 0.4) is 0 Å². The van der Waals surface area contributed by atoms with Crippen LogP contribution in [0.4, 0.5) is 0 Å². The summed E-state index contributed by atoms with van der Waals surface area (Å²) in [5.74, 6) is -1.04. The topological polar surface area (TPSA) is 116 Å². The number of nitrogens with two attached hydrogens (primary N) is 1. The number of rotatable bonds is 7. The van der Waals surface area contributed by atoms with Crippen molar-refractivity contribution in [1.82, 2.24) is 5.32 Å². The van der Waals surface area contributed by atoms with E-state index in [-0.39, 0.29) is 11.3 Å². The van der Waals surface area contributed by atoms with Crippen LogP contribution < -0.4 is 11.1 Å². The van der Waals surface area contributed by atoms with E-state index in [1.54, 1.807) is 12.1 Å². The Balaban J connectivity index is 1.66. The van der Waals surface area contributed by atoms with E-state index in [9.17, 15) is 19.9 Å². The second-order valence-corrected chi connectivity index (χ2v) is 8.01. The number of fused-ring (bicyclic) bond motifs is 3. The third kappa shape index (κ3) is 3.96. The predicted molar refractivity (Wildman–Crippen MR) is 101 cm³/mol. The Bertz CT molecular complexity index is 610. The van der Waals surface area contributed by atoms with E-state index in [4.69, 9.17) is 5.73 Å². The van der Waals surface area contributed by atoms with Crippen molar-refractivity contribution in [3.63, 3.8) is 0 Å². The standard InChI is InChI=1S/C19H29BN2O4/c21-13-1-2-16(20(25)26)22-17(23)14-3-5-15(6-4-14)18-7-10-19(24,11-8-18)12-9-18/h3-6,16,24-26H,1-2,7-13,21H2,(H,22,23)/t16-,18?,19?/m0/s1. The van der Waals surface area contributed by atoms with Crippen LogP contribution in [0.25, 0.3) is 0 Å². The largest absolute Gasteiger partial charge is 0.475 e. The second kappa shape index (κ2) is 7.68. The third-order valence-corrected chi connectivity index (χ3v) is 6.36. The Labute approximate surface area is 154 Å². The van der Waals surface area contributed by atoms with Gasteiger partial charge in [-0.15, -0.1) is 0 Å². The van der Waals surface area contributed by atoms with Crippen LogP contribution in [0.1, 0.15) is 67.3 Å². The fraction of sp³-hybridized carbons (Fsp3) is 0.632. The highest BCUT2D eigenvalue weighted by Crippen LogP contribution is 2.53. The van der Waals surface area contributed by atoms with Crippen LogP contribution >= 0.6 is 0 Å². The van der Waals surface area contributed by atoms with Gasteiger partial charge in [-0.3, -0.25) is 4.79 Å². The van der Waals surface area contributed by atoms with Crippen LogP contribution in [-0.4, -0.2) is 46.3 Å². The lowest BCUT2D eigenvalue weighted by Crippen LogP contribution is -2.48. The molecule has 142 valence electrons. The minimum Gasteiger partial charge on any atom is -0.426 e. The zero-order valence-corrected chi connectivity index (χ0v) is 15.2. The molecule has 2 bridgehead atoms. The molecule has 0 spiro atoms. The third-order valence-electron chi connectivity index (χ3n) is 6.36. The molecule has 7 heteroatoms. The van der Waals surface area contributed by atoms with Gasteiger partial charge in [0, 0.05) is 5.56 Å². The monoisotopic (exact) mass is 360 g/mol. The van der Waals surface area contributed by atoms with E-state index >= 15 is 0 Å². The van der Waals surface area contributed by atoms with E-state index in [0.29, 0.717) is 24.9 Å². The molecule has 0 unspecified atom stereocenters. The fourth-order valence-corrected chi connectivity index (χ4v) is 4.46. The van der Waals surface area contributed by atoms with E-state index in [2.05, 4.69) is 5.32 Å². The molecule has 0 aromatic heterocycles. The van der Waals surface area contributed by atoms with Gasteiger partial charge in [0.15, 0.2) is 0 Å². The van der Waals surface area contributed by atoms with Gasteiger partial charge in [-0.05, 0) is 81.0 Å². The maximum absolute atomic E-state index is 12.4. The van der Waals surface area contributed by atoms with Crippen molar-refractivity contribution in [3.05, 3.63) is 35.4 Å². The summed E-state index contributed by atoms with van der Waals surface area (Å²) in [5.41, 5.74) is 6.87. The summed E-state index contributed by atoms with van der Waals surface area (Å²) in [6.07, 6.45) is 6.57. The Hall–Kier alpha value is -1.41.